The van der Waals surface area contributed by atoms with Crippen LogP contribution in [-0.4, -0.2) is 0 Å². The summed E-state index contributed by atoms with van der Waals surface area (Å²) in [5, 5.41) is 0. The molecule has 0 heterocycles. The zero-order chi connectivity index (χ0) is 6.65. The largest absolute Gasteiger partial charge is 0.0625 e. The van der Waals surface area contributed by atoms with E-state index in [1.165, 1.54) is 12.8 Å². The van der Waals surface area contributed by atoms with Crippen molar-refractivity contribution in [1.82, 2.24) is 0 Å². The Hall–Kier alpha value is 0. The Morgan fingerprint density at radius 1 is 1.33 bits per heavy atom. The molecule has 52 valence electrons. The summed E-state index contributed by atoms with van der Waals surface area (Å²) in [6.45, 7) is 7.17. The number of rotatable bonds is 1. The molecule has 0 nitrogen and oxygen atoms in total. The van der Waals surface area contributed by atoms with Crippen LogP contribution >= 0.6 is 0 Å². The summed E-state index contributed by atoms with van der Waals surface area (Å²) in [6.07, 6.45) is 3.06. The molecule has 9 heavy (non-hydrogen) atoms. The second kappa shape index (κ2) is 1.36. The van der Waals surface area contributed by atoms with Gasteiger partial charge in [-0.3, -0.25) is 0 Å². The molecule has 0 radical (unpaired) electrons. The fourth-order valence-electron chi connectivity index (χ4n) is 2.57. The third kappa shape index (κ3) is 0.595. The van der Waals surface area contributed by atoms with E-state index in [1.54, 1.807) is 0 Å². The first kappa shape index (κ1) is 5.76. The number of hydrogen-bond donors (Lipinski definition) is 0. The van der Waals surface area contributed by atoms with Crippen LogP contribution in [0.4, 0.5) is 0 Å². The number of hydrogen-bond acceptors (Lipinski definition) is 0. The standard InChI is InChI=1S/C9H16/c1-6(2)7-4-9(3)5-8(7)9/h6-8H,4-5H2,1-3H3. The maximum absolute atomic E-state index is 2.44. The first-order valence-electron chi connectivity index (χ1n) is 4.13. The lowest BCUT2D eigenvalue weighted by Gasteiger charge is -2.34. The van der Waals surface area contributed by atoms with Crippen molar-refractivity contribution < 1.29 is 0 Å². The van der Waals surface area contributed by atoms with Gasteiger partial charge in [-0.1, -0.05) is 20.8 Å². The van der Waals surface area contributed by atoms with Gasteiger partial charge in [-0.2, -0.15) is 0 Å². The molecule has 0 aromatic carbocycles. The second-order valence-electron chi connectivity index (χ2n) is 4.58. The number of fused-ring (bicyclic) bond motifs is 1. The molecule has 0 aromatic heterocycles. The van der Waals surface area contributed by atoms with Crippen LogP contribution in [0, 0.1) is 23.2 Å². The highest BCUT2D eigenvalue weighted by Crippen LogP contribution is 2.71. The fourth-order valence-corrected chi connectivity index (χ4v) is 2.57. The highest BCUT2D eigenvalue weighted by molar-refractivity contribution is 5.12. The van der Waals surface area contributed by atoms with Gasteiger partial charge in [0.05, 0.1) is 0 Å². The fraction of sp³-hybridized carbons (Fsp3) is 1.00. The third-order valence-corrected chi connectivity index (χ3v) is 3.50. The van der Waals surface area contributed by atoms with Crippen LogP contribution in [-0.2, 0) is 0 Å². The summed E-state index contributed by atoms with van der Waals surface area (Å²) in [6, 6.07) is 0. The van der Waals surface area contributed by atoms with Gasteiger partial charge in [0, 0.05) is 0 Å². The summed E-state index contributed by atoms with van der Waals surface area (Å²) in [4.78, 5) is 0. The minimum absolute atomic E-state index is 0.842. The molecule has 0 bridgehead atoms. The predicted octanol–water partition coefficient (Wildman–Crippen LogP) is 2.69. The molecule has 0 amide bonds. The maximum atomic E-state index is 2.44. The lowest BCUT2D eigenvalue weighted by atomic mass is 9.70. The van der Waals surface area contributed by atoms with Crippen LogP contribution in [0.15, 0.2) is 0 Å². The summed E-state index contributed by atoms with van der Waals surface area (Å²) in [7, 11) is 0. The summed E-state index contributed by atoms with van der Waals surface area (Å²) in [5.74, 6) is 3.18. The normalized spacial score (nSPS) is 54.7. The van der Waals surface area contributed by atoms with Gasteiger partial charge in [0.15, 0.2) is 0 Å². The van der Waals surface area contributed by atoms with E-state index in [1.807, 2.05) is 0 Å². The zero-order valence-electron chi connectivity index (χ0n) is 6.65. The molecule has 0 saturated heterocycles. The molecule has 3 atom stereocenters. The minimum Gasteiger partial charge on any atom is -0.0625 e. The third-order valence-electron chi connectivity index (χ3n) is 3.50. The van der Waals surface area contributed by atoms with E-state index in [2.05, 4.69) is 20.8 Å². The van der Waals surface area contributed by atoms with Crippen molar-refractivity contribution in [3.8, 4) is 0 Å². The van der Waals surface area contributed by atoms with E-state index >= 15 is 0 Å². The highest BCUT2D eigenvalue weighted by atomic mass is 14.7. The van der Waals surface area contributed by atoms with Gasteiger partial charge in [-0.25, -0.2) is 0 Å². The molecule has 2 aliphatic rings. The van der Waals surface area contributed by atoms with Gasteiger partial charge in [-0.05, 0) is 36.0 Å². The van der Waals surface area contributed by atoms with Crippen LogP contribution < -0.4 is 0 Å². The Labute approximate surface area is 57.6 Å². The van der Waals surface area contributed by atoms with Crippen molar-refractivity contribution in [3.05, 3.63) is 0 Å². The average molecular weight is 124 g/mol. The van der Waals surface area contributed by atoms with Gasteiger partial charge < -0.3 is 0 Å². The molecular weight excluding hydrogens is 108 g/mol. The minimum atomic E-state index is 0.842. The quantitative estimate of drug-likeness (QED) is 0.504. The van der Waals surface area contributed by atoms with Crippen LogP contribution in [0.1, 0.15) is 33.6 Å². The molecular formula is C9H16. The highest BCUT2D eigenvalue weighted by Gasteiger charge is 2.63. The molecule has 0 spiro atoms. The Kier molecular flexibility index (Phi) is 0.868. The van der Waals surface area contributed by atoms with E-state index in [-0.39, 0.29) is 0 Å². The molecule has 0 heteroatoms. The van der Waals surface area contributed by atoms with Crippen molar-refractivity contribution in [3.63, 3.8) is 0 Å². The predicted molar refractivity (Wildman–Crippen MR) is 39.2 cm³/mol. The van der Waals surface area contributed by atoms with Gasteiger partial charge in [0.25, 0.3) is 0 Å². The maximum Gasteiger partial charge on any atom is -0.0289 e. The zero-order valence-corrected chi connectivity index (χ0v) is 6.65. The Morgan fingerprint density at radius 2 is 2.00 bits per heavy atom. The van der Waals surface area contributed by atoms with E-state index in [9.17, 15) is 0 Å². The molecule has 2 saturated carbocycles. The SMILES string of the molecule is CC(C)C1CC2(C)CC12. The smallest absolute Gasteiger partial charge is 0.0289 e. The molecule has 2 rings (SSSR count). The van der Waals surface area contributed by atoms with Gasteiger partial charge in [0.1, 0.15) is 0 Å². The Bertz CT molecular complexity index is 137. The van der Waals surface area contributed by atoms with E-state index < -0.39 is 0 Å². The first-order valence-corrected chi connectivity index (χ1v) is 4.13. The van der Waals surface area contributed by atoms with Crippen LogP contribution in [0.25, 0.3) is 0 Å². The topological polar surface area (TPSA) is 0 Å². The molecule has 0 aliphatic heterocycles. The summed E-state index contributed by atoms with van der Waals surface area (Å²) in [5.41, 5.74) is 0.842. The van der Waals surface area contributed by atoms with Crippen molar-refractivity contribution in [2.45, 2.75) is 33.6 Å². The van der Waals surface area contributed by atoms with E-state index in [0.717, 1.165) is 23.2 Å². The van der Waals surface area contributed by atoms with Crippen molar-refractivity contribution in [2.75, 3.05) is 0 Å². The molecule has 2 aliphatic carbocycles. The lowest BCUT2D eigenvalue weighted by molar-refractivity contribution is 0.144. The van der Waals surface area contributed by atoms with Gasteiger partial charge in [0.2, 0.25) is 0 Å². The molecule has 3 unspecified atom stereocenters. The first-order chi connectivity index (χ1) is 4.13. The van der Waals surface area contributed by atoms with Crippen LogP contribution in [0.2, 0.25) is 0 Å². The van der Waals surface area contributed by atoms with E-state index in [4.69, 9.17) is 0 Å². The lowest BCUT2D eigenvalue weighted by Crippen LogP contribution is -2.27. The second-order valence-corrected chi connectivity index (χ2v) is 4.58. The van der Waals surface area contributed by atoms with Crippen molar-refractivity contribution >= 4 is 0 Å². The van der Waals surface area contributed by atoms with E-state index in [0.29, 0.717) is 0 Å². The average Bonchev–Trinajstić information content (AvgIpc) is 2.18. The Balaban J connectivity index is 1.96. The summed E-state index contributed by atoms with van der Waals surface area (Å²) >= 11 is 0. The molecule has 2 fully saturated rings. The van der Waals surface area contributed by atoms with Crippen LogP contribution in [0.5, 0.6) is 0 Å². The van der Waals surface area contributed by atoms with Crippen molar-refractivity contribution in [2.24, 2.45) is 23.2 Å². The van der Waals surface area contributed by atoms with Crippen molar-refractivity contribution in [1.29, 1.82) is 0 Å². The monoisotopic (exact) mass is 124 g/mol. The van der Waals surface area contributed by atoms with Gasteiger partial charge >= 0.3 is 0 Å². The Morgan fingerprint density at radius 3 is 2.11 bits per heavy atom. The summed E-state index contributed by atoms with van der Waals surface area (Å²) < 4.78 is 0. The van der Waals surface area contributed by atoms with Gasteiger partial charge in [-0.15, -0.1) is 0 Å². The molecule has 0 N–H and O–H groups in total. The van der Waals surface area contributed by atoms with Crippen LogP contribution in [0.3, 0.4) is 0 Å². The molecule has 0 aromatic rings.